The number of carbonyl (C=O) groups is 1. The second-order valence-corrected chi connectivity index (χ2v) is 6.69. The van der Waals surface area contributed by atoms with Crippen LogP contribution >= 0.6 is 11.8 Å². The van der Waals surface area contributed by atoms with Crippen LogP contribution in [0.3, 0.4) is 0 Å². The number of nitrogens with zero attached hydrogens (tertiary/aromatic N) is 1. The van der Waals surface area contributed by atoms with Crippen molar-refractivity contribution in [3.05, 3.63) is 0 Å². The Kier molecular flexibility index (Phi) is 5.83. The molecule has 2 rings (SSSR count). The van der Waals surface area contributed by atoms with Gasteiger partial charge in [-0.1, -0.05) is 6.92 Å². The molecule has 2 aliphatic rings. The van der Waals surface area contributed by atoms with Crippen molar-refractivity contribution < 1.29 is 4.79 Å². The number of nitrogens with one attached hydrogen (secondary N) is 1. The quantitative estimate of drug-likeness (QED) is 0.850. The molecule has 104 valence electrons. The first-order valence-corrected chi connectivity index (χ1v) is 8.48. The average molecular weight is 270 g/mol. The van der Waals surface area contributed by atoms with E-state index in [1.807, 2.05) is 11.8 Å². The zero-order chi connectivity index (χ0) is 12.8. The molecule has 0 radical (unpaired) electrons. The monoisotopic (exact) mass is 270 g/mol. The topological polar surface area (TPSA) is 32.3 Å². The molecule has 0 saturated carbocycles. The van der Waals surface area contributed by atoms with Gasteiger partial charge in [-0.2, -0.15) is 0 Å². The van der Waals surface area contributed by atoms with Gasteiger partial charge in [0.2, 0.25) is 5.91 Å². The maximum atomic E-state index is 12.3. The Morgan fingerprint density at radius 1 is 1.28 bits per heavy atom. The molecule has 0 spiro atoms. The number of thioether (sulfide) groups is 1. The molecule has 0 bridgehead atoms. The second-order valence-electron chi connectivity index (χ2n) is 5.41. The predicted octanol–water partition coefficient (Wildman–Crippen LogP) is 2.26. The molecule has 1 amide bonds. The summed E-state index contributed by atoms with van der Waals surface area (Å²) in [4.78, 5) is 14.4. The molecule has 3 nitrogen and oxygen atoms in total. The highest BCUT2D eigenvalue weighted by molar-refractivity contribution is 8.00. The van der Waals surface area contributed by atoms with Gasteiger partial charge in [0.1, 0.15) is 0 Å². The molecule has 2 heterocycles. The fourth-order valence-electron chi connectivity index (χ4n) is 2.99. The number of hydrogen-bond donors (Lipinski definition) is 1. The third-order valence-corrected chi connectivity index (χ3v) is 5.50. The van der Waals surface area contributed by atoms with Crippen molar-refractivity contribution in [1.29, 1.82) is 0 Å². The van der Waals surface area contributed by atoms with E-state index in [-0.39, 0.29) is 0 Å². The number of carbonyl (C=O) groups excluding carboxylic acids is 1. The van der Waals surface area contributed by atoms with Crippen LogP contribution in [0.25, 0.3) is 0 Å². The maximum Gasteiger partial charge on any atom is 0.232 e. The SMILES string of the molecule is CCC1CCCCN1C(=O)CSC1CCNCC1. The first-order valence-electron chi connectivity index (χ1n) is 7.43. The van der Waals surface area contributed by atoms with Gasteiger partial charge >= 0.3 is 0 Å². The Hall–Kier alpha value is -0.220. The Bertz CT molecular complexity index is 267. The molecule has 4 heteroatoms. The maximum absolute atomic E-state index is 12.3. The molecule has 2 aliphatic heterocycles. The zero-order valence-electron chi connectivity index (χ0n) is 11.5. The number of rotatable bonds is 4. The average Bonchev–Trinajstić information content (AvgIpc) is 2.45. The van der Waals surface area contributed by atoms with Gasteiger partial charge in [-0.05, 0) is 51.6 Å². The number of amides is 1. The first-order chi connectivity index (χ1) is 8.81. The Morgan fingerprint density at radius 3 is 2.78 bits per heavy atom. The summed E-state index contributed by atoms with van der Waals surface area (Å²) in [5.41, 5.74) is 0. The van der Waals surface area contributed by atoms with Crippen molar-refractivity contribution in [3.8, 4) is 0 Å². The molecule has 18 heavy (non-hydrogen) atoms. The van der Waals surface area contributed by atoms with Crippen LogP contribution in [0.5, 0.6) is 0 Å². The van der Waals surface area contributed by atoms with Crippen LogP contribution in [0.4, 0.5) is 0 Å². The molecule has 1 N–H and O–H groups in total. The van der Waals surface area contributed by atoms with Gasteiger partial charge in [0.05, 0.1) is 5.75 Å². The third-order valence-electron chi connectivity index (χ3n) is 4.15. The fraction of sp³-hybridized carbons (Fsp3) is 0.929. The van der Waals surface area contributed by atoms with Crippen LogP contribution in [0.2, 0.25) is 0 Å². The van der Waals surface area contributed by atoms with E-state index in [0.29, 0.717) is 23.0 Å². The summed E-state index contributed by atoms with van der Waals surface area (Å²) in [6, 6.07) is 0.514. The van der Waals surface area contributed by atoms with E-state index in [1.165, 1.54) is 32.1 Å². The van der Waals surface area contributed by atoms with E-state index < -0.39 is 0 Å². The van der Waals surface area contributed by atoms with Crippen molar-refractivity contribution in [2.75, 3.05) is 25.4 Å². The van der Waals surface area contributed by atoms with E-state index in [2.05, 4.69) is 17.1 Å². The predicted molar refractivity (Wildman–Crippen MR) is 78.0 cm³/mol. The van der Waals surface area contributed by atoms with Crippen LogP contribution in [0.15, 0.2) is 0 Å². The molecule has 0 aromatic heterocycles. The minimum atomic E-state index is 0.380. The Balaban J connectivity index is 1.75. The van der Waals surface area contributed by atoms with Gasteiger partial charge in [-0.15, -0.1) is 11.8 Å². The van der Waals surface area contributed by atoms with Gasteiger partial charge in [0, 0.05) is 17.8 Å². The van der Waals surface area contributed by atoms with Crippen LogP contribution in [-0.2, 0) is 4.79 Å². The molecular weight excluding hydrogens is 244 g/mol. The molecule has 2 fully saturated rings. The molecule has 0 aliphatic carbocycles. The molecular formula is C14H26N2OS. The van der Waals surface area contributed by atoms with E-state index in [4.69, 9.17) is 0 Å². The highest BCUT2D eigenvalue weighted by Gasteiger charge is 2.25. The summed E-state index contributed by atoms with van der Waals surface area (Å²) in [5, 5.41) is 4.07. The van der Waals surface area contributed by atoms with Gasteiger partial charge in [-0.25, -0.2) is 0 Å². The normalized spacial score (nSPS) is 26.3. The standard InChI is InChI=1S/C14H26N2OS/c1-2-12-5-3-4-10-16(12)14(17)11-18-13-6-8-15-9-7-13/h12-13,15H,2-11H2,1H3. The lowest BCUT2D eigenvalue weighted by Gasteiger charge is -2.35. The summed E-state index contributed by atoms with van der Waals surface area (Å²) < 4.78 is 0. The molecule has 0 aromatic rings. The Morgan fingerprint density at radius 2 is 2.06 bits per heavy atom. The van der Waals surface area contributed by atoms with Gasteiger partial charge in [0.25, 0.3) is 0 Å². The van der Waals surface area contributed by atoms with E-state index >= 15 is 0 Å². The lowest BCUT2D eigenvalue weighted by atomic mass is 10.0. The number of hydrogen-bond acceptors (Lipinski definition) is 3. The van der Waals surface area contributed by atoms with Crippen LogP contribution in [0, 0.1) is 0 Å². The summed E-state index contributed by atoms with van der Waals surface area (Å²) in [6.45, 7) is 5.43. The molecule has 2 saturated heterocycles. The zero-order valence-corrected chi connectivity index (χ0v) is 12.3. The smallest absolute Gasteiger partial charge is 0.232 e. The summed E-state index contributed by atoms with van der Waals surface area (Å²) >= 11 is 1.88. The summed E-state index contributed by atoms with van der Waals surface area (Å²) in [7, 11) is 0. The second kappa shape index (κ2) is 7.39. The third kappa shape index (κ3) is 3.89. The number of likely N-dealkylation sites (tertiary alicyclic amines) is 1. The van der Waals surface area contributed by atoms with Crippen molar-refractivity contribution in [3.63, 3.8) is 0 Å². The van der Waals surface area contributed by atoms with Crippen molar-refractivity contribution in [2.45, 2.75) is 56.7 Å². The highest BCUT2D eigenvalue weighted by atomic mass is 32.2. The molecule has 0 aromatic carbocycles. The van der Waals surface area contributed by atoms with Crippen molar-refractivity contribution in [2.24, 2.45) is 0 Å². The number of piperidine rings is 2. The minimum Gasteiger partial charge on any atom is -0.339 e. The van der Waals surface area contributed by atoms with Crippen LogP contribution < -0.4 is 5.32 Å². The van der Waals surface area contributed by atoms with Gasteiger partial charge in [0.15, 0.2) is 0 Å². The van der Waals surface area contributed by atoms with Crippen molar-refractivity contribution in [1.82, 2.24) is 10.2 Å². The molecule has 1 unspecified atom stereocenters. The lowest BCUT2D eigenvalue weighted by molar-refractivity contribution is -0.132. The highest BCUT2D eigenvalue weighted by Crippen LogP contribution is 2.24. The molecule has 1 atom stereocenters. The summed E-state index contributed by atoms with van der Waals surface area (Å²) in [5.74, 6) is 1.08. The first kappa shape index (κ1) is 14.2. The Labute approximate surface area is 115 Å². The van der Waals surface area contributed by atoms with Crippen LogP contribution in [0.1, 0.15) is 45.4 Å². The fourth-order valence-corrected chi connectivity index (χ4v) is 4.10. The van der Waals surface area contributed by atoms with E-state index in [0.717, 1.165) is 26.1 Å². The van der Waals surface area contributed by atoms with Gasteiger partial charge < -0.3 is 10.2 Å². The largest absolute Gasteiger partial charge is 0.339 e. The van der Waals surface area contributed by atoms with Crippen LogP contribution in [-0.4, -0.2) is 47.5 Å². The van der Waals surface area contributed by atoms with E-state index in [1.54, 1.807) is 0 Å². The minimum absolute atomic E-state index is 0.380. The van der Waals surface area contributed by atoms with Gasteiger partial charge in [-0.3, -0.25) is 4.79 Å². The lowest BCUT2D eigenvalue weighted by Crippen LogP contribution is -2.44. The summed E-state index contributed by atoms with van der Waals surface area (Å²) in [6.07, 6.45) is 7.25. The van der Waals surface area contributed by atoms with Crippen molar-refractivity contribution >= 4 is 17.7 Å². The van der Waals surface area contributed by atoms with E-state index in [9.17, 15) is 4.79 Å².